The van der Waals surface area contributed by atoms with Gasteiger partial charge in [-0.1, -0.05) is 11.6 Å². The van der Waals surface area contributed by atoms with Crippen molar-refractivity contribution in [3.63, 3.8) is 0 Å². The van der Waals surface area contributed by atoms with E-state index >= 15 is 0 Å². The highest BCUT2D eigenvalue weighted by Gasteiger charge is 2.21. The monoisotopic (exact) mass is 402 g/mol. The lowest BCUT2D eigenvalue weighted by Crippen LogP contribution is -2.19. The Kier molecular flexibility index (Phi) is 5.10. The third-order valence-corrected chi connectivity index (χ3v) is 3.91. The van der Waals surface area contributed by atoms with E-state index in [2.05, 4.69) is 15.3 Å². The first kappa shape index (κ1) is 18.4. The molecular formula is C16H11ClN6O3S. The van der Waals surface area contributed by atoms with Gasteiger partial charge in [0.05, 0.1) is 10.6 Å². The Morgan fingerprint density at radius 3 is 2.37 bits per heavy atom. The van der Waals surface area contributed by atoms with Crippen LogP contribution in [-0.2, 0) is 0 Å². The number of aromatic nitrogens is 2. The Balaban J connectivity index is 2.07. The maximum Gasteiger partial charge on any atom is 0.269 e. The number of aromatic hydroxyl groups is 1. The summed E-state index contributed by atoms with van der Waals surface area (Å²) < 4.78 is 0.933. The summed E-state index contributed by atoms with van der Waals surface area (Å²) in [5.74, 6) is -0.395. The molecule has 0 aliphatic carbocycles. The second-order valence-electron chi connectivity index (χ2n) is 5.25. The van der Waals surface area contributed by atoms with Crippen LogP contribution in [0.4, 0.5) is 17.1 Å². The first-order chi connectivity index (χ1) is 12.9. The molecule has 3 aromatic rings. The van der Waals surface area contributed by atoms with Crippen LogP contribution in [0.3, 0.4) is 0 Å². The number of non-ortho nitro benzene ring substituents is 1. The second-order valence-corrected chi connectivity index (χ2v) is 6.11. The Bertz CT molecular complexity index is 1050. The molecule has 136 valence electrons. The van der Waals surface area contributed by atoms with E-state index in [9.17, 15) is 15.2 Å². The van der Waals surface area contributed by atoms with Crippen LogP contribution < -0.4 is 5.73 Å². The van der Waals surface area contributed by atoms with Gasteiger partial charge in [-0.3, -0.25) is 10.1 Å². The molecule has 0 aliphatic rings. The fourth-order valence-electron chi connectivity index (χ4n) is 2.20. The number of halogens is 1. The van der Waals surface area contributed by atoms with Crippen molar-refractivity contribution in [2.45, 2.75) is 0 Å². The molecule has 1 heterocycles. The molecule has 0 aliphatic heterocycles. The zero-order chi connectivity index (χ0) is 19.6. The summed E-state index contributed by atoms with van der Waals surface area (Å²) in [6, 6.07) is 12.2. The zero-order valence-corrected chi connectivity index (χ0v) is 15.1. The first-order valence-corrected chi connectivity index (χ1v) is 8.19. The van der Waals surface area contributed by atoms with E-state index in [0.29, 0.717) is 16.3 Å². The summed E-state index contributed by atoms with van der Waals surface area (Å²) >= 11 is 10.7. The van der Waals surface area contributed by atoms with Gasteiger partial charge in [0, 0.05) is 22.7 Å². The number of nitro benzene ring substituents is 1. The number of nitro groups is 1. The molecule has 0 radical (unpaired) electrons. The van der Waals surface area contributed by atoms with Crippen molar-refractivity contribution in [3.05, 3.63) is 63.7 Å². The van der Waals surface area contributed by atoms with Crippen LogP contribution in [-0.4, -0.2) is 24.9 Å². The molecule has 27 heavy (non-hydrogen) atoms. The van der Waals surface area contributed by atoms with Gasteiger partial charge in [-0.25, -0.2) is 0 Å². The van der Waals surface area contributed by atoms with Crippen molar-refractivity contribution in [2.24, 2.45) is 16.0 Å². The normalized spacial score (nSPS) is 11.0. The predicted molar refractivity (Wildman–Crippen MR) is 104 cm³/mol. The van der Waals surface area contributed by atoms with Crippen molar-refractivity contribution in [1.82, 2.24) is 9.78 Å². The number of thiocarbonyl (C=S) groups is 1. The fourth-order valence-corrected chi connectivity index (χ4v) is 2.45. The van der Waals surface area contributed by atoms with E-state index in [1.165, 1.54) is 24.3 Å². The molecule has 3 N–H and O–H groups in total. The Morgan fingerprint density at radius 1 is 1.19 bits per heavy atom. The van der Waals surface area contributed by atoms with E-state index in [-0.39, 0.29) is 22.2 Å². The summed E-state index contributed by atoms with van der Waals surface area (Å²) in [6.45, 7) is 0. The average molecular weight is 403 g/mol. The van der Waals surface area contributed by atoms with Crippen molar-refractivity contribution in [2.75, 3.05) is 0 Å². The second kappa shape index (κ2) is 7.48. The van der Waals surface area contributed by atoms with Gasteiger partial charge >= 0.3 is 0 Å². The van der Waals surface area contributed by atoms with Gasteiger partial charge in [-0.2, -0.15) is 14.9 Å². The van der Waals surface area contributed by atoms with E-state index < -0.39 is 10.8 Å². The van der Waals surface area contributed by atoms with Gasteiger partial charge in [-0.05, 0) is 48.6 Å². The van der Waals surface area contributed by atoms with Gasteiger partial charge in [0.1, 0.15) is 5.69 Å². The van der Waals surface area contributed by atoms with E-state index in [4.69, 9.17) is 29.6 Å². The minimum atomic E-state index is -0.518. The maximum absolute atomic E-state index is 10.8. The molecule has 11 heteroatoms. The maximum atomic E-state index is 10.8. The van der Waals surface area contributed by atoms with E-state index in [1.54, 1.807) is 24.3 Å². The van der Waals surface area contributed by atoms with Crippen LogP contribution in [0.2, 0.25) is 5.02 Å². The van der Waals surface area contributed by atoms with E-state index in [0.717, 1.165) is 4.68 Å². The highest BCUT2D eigenvalue weighted by Crippen LogP contribution is 2.38. The smallest absolute Gasteiger partial charge is 0.269 e. The lowest BCUT2D eigenvalue weighted by molar-refractivity contribution is -0.384. The molecule has 0 saturated carbocycles. The first-order valence-electron chi connectivity index (χ1n) is 7.40. The third-order valence-electron chi connectivity index (χ3n) is 3.49. The van der Waals surface area contributed by atoms with Gasteiger partial charge in [-0.15, -0.1) is 5.11 Å². The summed E-state index contributed by atoms with van der Waals surface area (Å²) in [6.07, 6.45) is 0. The Labute approximate surface area is 162 Å². The minimum absolute atomic E-state index is 0.0200. The van der Waals surface area contributed by atoms with Gasteiger partial charge in [0.2, 0.25) is 5.88 Å². The van der Waals surface area contributed by atoms with Crippen LogP contribution in [0.5, 0.6) is 5.88 Å². The van der Waals surface area contributed by atoms with Crippen molar-refractivity contribution >= 4 is 46.0 Å². The summed E-state index contributed by atoms with van der Waals surface area (Å²) in [5.41, 5.74) is 6.68. The van der Waals surface area contributed by atoms with Crippen LogP contribution in [0.25, 0.3) is 11.3 Å². The molecule has 0 spiro atoms. The van der Waals surface area contributed by atoms with Crippen LogP contribution in [0.1, 0.15) is 0 Å². The predicted octanol–water partition coefficient (Wildman–Crippen LogP) is 4.32. The Hall–Kier alpha value is -3.37. The average Bonchev–Trinajstić information content (AvgIpc) is 2.98. The van der Waals surface area contributed by atoms with Crippen LogP contribution in [0, 0.1) is 10.1 Å². The topological polar surface area (TPSA) is 132 Å². The van der Waals surface area contributed by atoms with Crippen molar-refractivity contribution in [3.8, 4) is 17.1 Å². The molecule has 0 atom stereocenters. The fraction of sp³-hybridized carbons (Fsp3) is 0. The molecule has 0 amide bonds. The molecule has 0 saturated heterocycles. The molecule has 2 aromatic carbocycles. The minimum Gasteiger partial charge on any atom is -0.492 e. The number of hydrogen-bond donors (Lipinski definition) is 2. The van der Waals surface area contributed by atoms with Crippen LogP contribution in [0.15, 0.2) is 58.8 Å². The summed E-state index contributed by atoms with van der Waals surface area (Å²) in [5, 5.41) is 33.7. The van der Waals surface area contributed by atoms with E-state index in [1.807, 2.05) is 0 Å². The SMILES string of the molecule is NC(=S)n1nc(-c2ccc([N+](=O)[O-])cc2)c(/N=N/c2ccc(Cl)cc2)c1O. The molecule has 0 fully saturated rings. The molecule has 0 unspecified atom stereocenters. The lowest BCUT2D eigenvalue weighted by atomic mass is 10.1. The van der Waals surface area contributed by atoms with Gasteiger partial charge in [0.15, 0.2) is 10.8 Å². The molecule has 9 nitrogen and oxygen atoms in total. The van der Waals surface area contributed by atoms with Crippen LogP contribution >= 0.6 is 23.8 Å². The van der Waals surface area contributed by atoms with Crippen molar-refractivity contribution in [1.29, 1.82) is 0 Å². The standard InChI is InChI=1S/C16H11ClN6O3S/c17-10-3-5-11(6-4-10)19-20-14-13(21-22(15(14)24)16(18)27)9-1-7-12(8-2-9)23(25)26/h1-8,24H,(H2,18,27)/b20-19+. The Morgan fingerprint density at radius 2 is 1.81 bits per heavy atom. The number of azo groups is 1. The number of benzene rings is 2. The highest BCUT2D eigenvalue weighted by molar-refractivity contribution is 7.80. The van der Waals surface area contributed by atoms with Crippen molar-refractivity contribution < 1.29 is 10.0 Å². The number of nitrogens with two attached hydrogens (primary N) is 1. The summed E-state index contributed by atoms with van der Waals surface area (Å²) in [4.78, 5) is 10.3. The number of rotatable bonds is 4. The largest absolute Gasteiger partial charge is 0.492 e. The van der Waals surface area contributed by atoms with Gasteiger partial charge < -0.3 is 10.8 Å². The number of nitrogens with zero attached hydrogens (tertiary/aromatic N) is 5. The quantitative estimate of drug-likeness (QED) is 0.289. The molecule has 3 rings (SSSR count). The molecule has 1 aromatic heterocycles. The molecular weight excluding hydrogens is 392 g/mol. The lowest BCUT2D eigenvalue weighted by Gasteiger charge is -1.98. The highest BCUT2D eigenvalue weighted by atomic mass is 35.5. The number of hydrogen-bond acceptors (Lipinski definition) is 7. The zero-order valence-electron chi connectivity index (χ0n) is 13.5. The molecule has 0 bridgehead atoms. The third kappa shape index (κ3) is 3.91. The van der Waals surface area contributed by atoms with Gasteiger partial charge in [0.25, 0.3) is 5.69 Å². The summed E-state index contributed by atoms with van der Waals surface area (Å²) in [7, 11) is 0.